The van der Waals surface area contributed by atoms with Gasteiger partial charge in [-0.1, -0.05) is 60.7 Å². The number of rotatable bonds is 23. The van der Waals surface area contributed by atoms with Gasteiger partial charge in [-0.05, 0) is 74.4 Å². The summed E-state index contributed by atoms with van der Waals surface area (Å²) in [6.45, 7) is 4.90. The number of alkyl carbamates (subject to hydrolysis) is 1. The van der Waals surface area contributed by atoms with Crippen molar-refractivity contribution in [2.75, 3.05) is 18.6 Å². The number of fused-ring (bicyclic) bond motifs is 1. The Labute approximate surface area is 377 Å². The third-order valence-corrected chi connectivity index (χ3v) is 11.0. The number of carboxylic acids is 1. The first-order valence-electron chi connectivity index (χ1n) is 20.1. The number of benzene rings is 3. The van der Waals surface area contributed by atoms with Crippen LogP contribution in [0.4, 0.5) is 10.5 Å². The summed E-state index contributed by atoms with van der Waals surface area (Å²) in [6, 6.07) is 16.3. The van der Waals surface area contributed by atoms with Gasteiger partial charge in [0.1, 0.15) is 34.7 Å². The van der Waals surface area contributed by atoms with Gasteiger partial charge in [-0.3, -0.25) is 42.9 Å². The van der Waals surface area contributed by atoms with Crippen molar-refractivity contribution in [1.29, 1.82) is 0 Å². The van der Waals surface area contributed by atoms with Crippen molar-refractivity contribution in [2.24, 2.45) is 5.73 Å². The molecule has 0 unspecified atom stereocenters. The lowest BCUT2D eigenvalue weighted by molar-refractivity contribution is -0.387. The van der Waals surface area contributed by atoms with Crippen LogP contribution in [-0.2, 0) is 46.3 Å². The second-order valence-electron chi connectivity index (χ2n) is 15.5. The van der Waals surface area contributed by atoms with Gasteiger partial charge in [0, 0.05) is 43.5 Å². The predicted molar refractivity (Wildman–Crippen MR) is 241 cm³/mol. The Hall–Kier alpha value is -6.61. The van der Waals surface area contributed by atoms with Gasteiger partial charge in [-0.25, -0.2) is 4.79 Å². The minimum Gasteiger partial charge on any atom is -0.481 e. The first kappa shape index (κ1) is 50.0. The summed E-state index contributed by atoms with van der Waals surface area (Å²) in [5, 5.41) is 34.9. The molecule has 3 aromatic carbocycles. The number of nitrogens with one attached hydrogen (secondary N) is 5. The monoisotopic (exact) mass is 920 g/mol. The van der Waals surface area contributed by atoms with E-state index in [1.54, 1.807) is 110 Å². The molecule has 1 aromatic heterocycles. The number of hydrogen-bond acceptors (Lipinski definition) is 12. The Kier molecular flexibility index (Phi) is 18.6. The molecule has 0 aliphatic carbocycles. The van der Waals surface area contributed by atoms with Crippen molar-refractivity contribution in [2.45, 2.75) is 87.5 Å². The molecule has 19 nitrogen and oxygen atoms in total. The minimum atomic E-state index is -1.69. The predicted octanol–water partition coefficient (Wildman–Crippen LogP) is 3.46. The van der Waals surface area contributed by atoms with E-state index < -0.39 is 82.7 Å². The Bertz CT molecular complexity index is 2320. The van der Waals surface area contributed by atoms with Gasteiger partial charge in [0.15, 0.2) is 0 Å². The van der Waals surface area contributed by atoms with Crippen molar-refractivity contribution in [1.82, 2.24) is 30.6 Å². The van der Waals surface area contributed by atoms with Gasteiger partial charge in [-0.15, -0.1) is 0 Å². The maximum absolute atomic E-state index is 14.3. The number of nitrogens with zero attached hydrogens (tertiary/aromatic N) is 2. The molecule has 0 saturated heterocycles. The highest BCUT2D eigenvalue weighted by Crippen LogP contribution is 2.34. The summed E-state index contributed by atoms with van der Waals surface area (Å²) in [5.74, 6) is -5.35. The summed E-state index contributed by atoms with van der Waals surface area (Å²) in [7, 11) is 0. The summed E-state index contributed by atoms with van der Waals surface area (Å²) >= 11 is 2.43. The maximum Gasteiger partial charge on any atom is 0.407 e. The van der Waals surface area contributed by atoms with E-state index in [1.807, 2.05) is 0 Å². The number of aliphatic carboxylic acids is 1. The smallest absolute Gasteiger partial charge is 0.407 e. The summed E-state index contributed by atoms with van der Waals surface area (Å²) < 4.78 is 6.94. The second-order valence-corrected chi connectivity index (χ2v) is 17.5. The lowest BCUT2D eigenvalue weighted by Crippen LogP contribution is -2.59. The molecule has 0 saturated carbocycles. The maximum atomic E-state index is 14.3. The normalized spacial score (nSPS) is 13.1. The third kappa shape index (κ3) is 15.6. The van der Waals surface area contributed by atoms with Crippen molar-refractivity contribution in [3.8, 4) is 0 Å². The zero-order valence-electron chi connectivity index (χ0n) is 35.7. The molecule has 64 heavy (non-hydrogen) atoms. The van der Waals surface area contributed by atoms with Crippen LogP contribution in [0.3, 0.4) is 0 Å². The van der Waals surface area contributed by atoms with Crippen LogP contribution >= 0.6 is 23.7 Å². The average Bonchev–Trinajstić information content (AvgIpc) is 3.57. The molecule has 0 aliphatic heterocycles. The third-order valence-electron chi connectivity index (χ3n) is 9.31. The molecule has 8 N–H and O–H groups in total. The Morgan fingerprint density at radius 1 is 0.812 bits per heavy atom. The molecule has 4 rings (SSSR count). The van der Waals surface area contributed by atoms with Crippen molar-refractivity contribution >= 4 is 81.9 Å². The van der Waals surface area contributed by atoms with Gasteiger partial charge in [-0.2, -0.15) is 11.8 Å². The van der Waals surface area contributed by atoms with E-state index in [-0.39, 0.29) is 37.9 Å². The highest BCUT2D eigenvalue weighted by molar-refractivity contribution is 7.98. The van der Waals surface area contributed by atoms with E-state index in [1.165, 1.54) is 17.8 Å². The van der Waals surface area contributed by atoms with E-state index in [0.29, 0.717) is 32.7 Å². The van der Waals surface area contributed by atoms with Crippen LogP contribution in [0.25, 0.3) is 10.9 Å². The molecule has 342 valence electrons. The Balaban J connectivity index is 1.61. The van der Waals surface area contributed by atoms with Crippen molar-refractivity contribution in [3.63, 3.8) is 0 Å². The number of amides is 6. The zero-order valence-corrected chi connectivity index (χ0v) is 37.3. The van der Waals surface area contributed by atoms with Gasteiger partial charge in [0.25, 0.3) is 5.69 Å². The van der Waals surface area contributed by atoms with E-state index in [4.69, 9.17) is 10.5 Å². The number of hydrogen-bond donors (Lipinski definition) is 7. The van der Waals surface area contributed by atoms with Gasteiger partial charge in [0.2, 0.25) is 29.5 Å². The van der Waals surface area contributed by atoms with Crippen LogP contribution in [0.15, 0.2) is 90.0 Å². The largest absolute Gasteiger partial charge is 0.481 e. The molecule has 0 fully saturated rings. The van der Waals surface area contributed by atoms with E-state index >= 15 is 0 Å². The molecular weight excluding hydrogens is 869 g/mol. The first-order chi connectivity index (χ1) is 30.3. The minimum absolute atomic E-state index is 0.00420. The number of carbonyl (C=O) groups excluding carboxylic acids is 6. The average molecular weight is 921 g/mol. The fourth-order valence-corrected chi connectivity index (χ4v) is 7.81. The number of nitro benzene ring substituents is 1. The fraction of sp³-hybridized carbons (Fsp3) is 0.372. The van der Waals surface area contributed by atoms with Gasteiger partial charge < -0.3 is 42.2 Å². The quantitative estimate of drug-likeness (QED) is 0.0415. The van der Waals surface area contributed by atoms with Crippen molar-refractivity contribution in [3.05, 3.63) is 106 Å². The number of ether oxygens (including phenoxy) is 1. The molecule has 0 bridgehead atoms. The summed E-state index contributed by atoms with van der Waals surface area (Å²) in [6.07, 6.45) is 1.43. The number of thioether (sulfide) groups is 1. The molecule has 4 atom stereocenters. The Morgan fingerprint density at radius 2 is 1.42 bits per heavy atom. The SMILES string of the molecule is CSCC[C@H](NC(=O)[C@H](Cc1cn(Sc2ccccc2[N+](=O)[O-])c2ccccc12)NC(=O)CCNC(=O)OC(C)(C)C)C(=O)N[C@@H](CC(=O)O)C(=O)N[C@@H](Cc1ccccc1)C(N)=O. The number of carboxylic acid groups (broad SMARTS) is 1. The van der Waals surface area contributed by atoms with Gasteiger partial charge >= 0.3 is 12.1 Å². The first-order valence-corrected chi connectivity index (χ1v) is 22.2. The molecule has 4 aromatic rings. The summed E-state index contributed by atoms with van der Waals surface area (Å²) in [5.41, 5.74) is 6.53. The summed E-state index contributed by atoms with van der Waals surface area (Å²) in [4.78, 5) is 103. The molecule has 21 heteroatoms. The number of nitro groups is 1. The van der Waals surface area contributed by atoms with Crippen LogP contribution in [0.2, 0.25) is 0 Å². The fourth-order valence-electron chi connectivity index (χ4n) is 6.31. The lowest BCUT2D eigenvalue weighted by Gasteiger charge is -2.26. The zero-order chi connectivity index (χ0) is 47.0. The number of carbonyl (C=O) groups is 7. The molecule has 0 aliphatic rings. The molecule has 0 radical (unpaired) electrons. The molecule has 6 amide bonds. The Morgan fingerprint density at radius 3 is 2.08 bits per heavy atom. The van der Waals surface area contributed by atoms with E-state index in [0.717, 1.165) is 11.9 Å². The highest BCUT2D eigenvalue weighted by atomic mass is 32.2. The van der Waals surface area contributed by atoms with Crippen molar-refractivity contribution < 1.29 is 48.3 Å². The van der Waals surface area contributed by atoms with Crippen LogP contribution in [0.1, 0.15) is 51.2 Å². The number of primary amides is 1. The van der Waals surface area contributed by atoms with Crippen LogP contribution in [0, 0.1) is 10.1 Å². The molecule has 0 spiro atoms. The lowest BCUT2D eigenvalue weighted by atomic mass is 10.0. The second kappa shape index (κ2) is 23.7. The van der Waals surface area contributed by atoms with E-state index in [9.17, 15) is 48.8 Å². The van der Waals surface area contributed by atoms with Crippen LogP contribution in [0.5, 0.6) is 0 Å². The number of nitrogens with two attached hydrogens (primary N) is 1. The number of aromatic nitrogens is 1. The number of para-hydroxylation sites is 2. The van der Waals surface area contributed by atoms with Crippen LogP contribution in [-0.4, -0.2) is 104 Å². The topological polar surface area (TPSA) is 283 Å². The van der Waals surface area contributed by atoms with Crippen LogP contribution < -0.4 is 32.3 Å². The molecule has 1 heterocycles. The molecular formula is C43H52N8O11S2. The standard InChI is InChI=1S/C43H52N8O11S2/c1-43(2,3)62-42(59)45-20-18-36(52)46-31(23-27-25-50(33-15-9-8-14-28(27)33)64-35-17-11-10-16-34(35)51(60)61)40(57)47-29(19-21-63-4)39(56)49-32(24-37(53)54)41(58)48-30(38(44)55)22-26-12-6-5-7-13-26/h5-17,25,29-32H,18-24H2,1-4H3,(H2,44,55)(H,45,59)(H,46,52)(H,47,57)(H,48,58)(H,49,56)(H,53,54)/t29-,30-,31-,32-/m0/s1. The van der Waals surface area contributed by atoms with E-state index in [2.05, 4.69) is 26.6 Å². The van der Waals surface area contributed by atoms with Gasteiger partial charge in [0.05, 0.1) is 16.9 Å². The highest BCUT2D eigenvalue weighted by Gasteiger charge is 2.33.